The first-order chi connectivity index (χ1) is 13.1. The van der Waals surface area contributed by atoms with Gasteiger partial charge in [0.2, 0.25) is 5.91 Å². The minimum atomic E-state index is -0.414. The number of ether oxygens (including phenoxy) is 1. The lowest BCUT2D eigenvalue weighted by Crippen LogP contribution is -2.49. The van der Waals surface area contributed by atoms with Crippen LogP contribution in [-0.4, -0.2) is 28.9 Å². The Labute approximate surface area is 160 Å². The molecule has 3 atom stereocenters. The van der Waals surface area contributed by atoms with Crippen LogP contribution in [0.4, 0.5) is 0 Å². The van der Waals surface area contributed by atoms with Crippen molar-refractivity contribution in [2.24, 2.45) is 5.92 Å². The number of piperidine rings is 1. The van der Waals surface area contributed by atoms with E-state index in [1.54, 1.807) is 4.90 Å². The van der Waals surface area contributed by atoms with Gasteiger partial charge in [0.05, 0.1) is 0 Å². The third-order valence-electron chi connectivity index (χ3n) is 6.26. The number of fused-ring (bicyclic) bond motifs is 1. The van der Waals surface area contributed by atoms with Gasteiger partial charge in [-0.2, -0.15) is 0 Å². The van der Waals surface area contributed by atoms with E-state index in [2.05, 4.69) is 18.8 Å². The maximum Gasteiger partial charge on any atom is 0.255 e. The first kappa shape index (κ1) is 18.1. The van der Waals surface area contributed by atoms with Crippen LogP contribution in [0.1, 0.15) is 67.8 Å². The van der Waals surface area contributed by atoms with E-state index in [4.69, 9.17) is 4.74 Å². The van der Waals surface area contributed by atoms with Crippen molar-refractivity contribution in [1.82, 2.24) is 10.2 Å². The van der Waals surface area contributed by atoms with Gasteiger partial charge in [-0.15, -0.1) is 0 Å². The Morgan fingerprint density at radius 3 is 2.81 bits per heavy atom. The second-order valence-corrected chi connectivity index (χ2v) is 8.01. The Bertz CT molecular complexity index is 773. The first-order valence-electron chi connectivity index (χ1n) is 10.2. The van der Waals surface area contributed by atoms with Crippen molar-refractivity contribution in [2.75, 3.05) is 0 Å². The van der Waals surface area contributed by atoms with Gasteiger partial charge < -0.3 is 15.0 Å². The number of hydrogen-bond acceptors (Lipinski definition) is 3. The molecule has 1 aliphatic carbocycles. The van der Waals surface area contributed by atoms with Gasteiger partial charge in [0.1, 0.15) is 17.9 Å². The number of carbonyl (C=O) groups is 2. The molecule has 0 radical (unpaired) electrons. The van der Waals surface area contributed by atoms with Crippen LogP contribution in [0.2, 0.25) is 0 Å². The summed E-state index contributed by atoms with van der Waals surface area (Å²) in [5, 5.41) is 2.78. The molecule has 3 aliphatic rings. The first-order valence-corrected chi connectivity index (χ1v) is 10.2. The van der Waals surface area contributed by atoms with Crippen LogP contribution >= 0.6 is 0 Å². The average molecular weight is 368 g/mol. The summed E-state index contributed by atoms with van der Waals surface area (Å²) >= 11 is 0. The van der Waals surface area contributed by atoms with Crippen molar-refractivity contribution >= 4 is 11.8 Å². The summed E-state index contributed by atoms with van der Waals surface area (Å²) in [6, 6.07) is 5.34. The summed E-state index contributed by atoms with van der Waals surface area (Å²) in [6.07, 6.45) is 7.61. The lowest BCUT2D eigenvalue weighted by Gasteiger charge is -2.31. The van der Waals surface area contributed by atoms with Crippen molar-refractivity contribution in [3.8, 4) is 5.75 Å². The minimum absolute atomic E-state index is 0.0617. The summed E-state index contributed by atoms with van der Waals surface area (Å²) in [5.74, 6) is 1.27. The fraction of sp³-hybridized carbons (Fsp3) is 0.545. The van der Waals surface area contributed by atoms with Crippen molar-refractivity contribution in [1.29, 1.82) is 0 Å². The summed E-state index contributed by atoms with van der Waals surface area (Å²) in [7, 11) is 0. The highest BCUT2D eigenvalue weighted by Crippen LogP contribution is 2.34. The van der Waals surface area contributed by atoms with E-state index in [1.165, 1.54) is 19.3 Å². The average Bonchev–Trinajstić information content (AvgIpc) is 2.98. The summed E-state index contributed by atoms with van der Waals surface area (Å²) in [5.41, 5.74) is 2.38. The second kappa shape index (κ2) is 7.37. The van der Waals surface area contributed by atoms with E-state index in [0.717, 1.165) is 29.9 Å². The van der Waals surface area contributed by atoms with Gasteiger partial charge in [0.15, 0.2) is 0 Å². The van der Waals surface area contributed by atoms with E-state index in [9.17, 15) is 9.59 Å². The molecule has 1 saturated carbocycles. The minimum Gasteiger partial charge on any atom is -0.490 e. The Morgan fingerprint density at radius 2 is 2.04 bits per heavy atom. The van der Waals surface area contributed by atoms with Crippen LogP contribution in [-0.2, 0) is 11.3 Å². The molecule has 27 heavy (non-hydrogen) atoms. The molecule has 2 fully saturated rings. The van der Waals surface area contributed by atoms with Gasteiger partial charge in [-0.1, -0.05) is 19.9 Å². The zero-order valence-electron chi connectivity index (χ0n) is 16.0. The normalized spacial score (nSPS) is 28.1. The highest BCUT2D eigenvalue weighted by Gasteiger charge is 2.38. The highest BCUT2D eigenvalue weighted by molar-refractivity contribution is 6.01. The molecule has 0 aromatic heterocycles. The third-order valence-corrected chi connectivity index (χ3v) is 6.26. The maximum absolute atomic E-state index is 12.8. The maximum atomic E-state index is 12.8. The topological polar surface area (TPSA) is 58.6 Å². The molecule has 0 spiro atoms. The third kappa shape index (κ3) is 3.47. The molecule has 1 N–H and O–H groups in total. The highest BCUT2D eigenvalue weighted by atomic mass is 16.5. The van der Waals surface area contributed by atoms with Crippen LogP contribution in [0.15, 0.2) is 30.5 Å². The lowest BCUT2D eigenvalue weighted by molar-refractivity contribution is -0.126. The molecule has 1 aromatic rings. The van der Waals surface area contributed by atoms with Gasteiger partial charge in [-0.25, -0.2) is 0 Å². The van der Waals surface area contributed by atoms with Gasteiger partial charge >= 0.3 is 0 Å². The molecule has 5 heteroatoms. The monoisotopic (exact) mass is 368 g/mol. The van der Waals surface area contributed by atoms with E-state index < -0.39 is 6.04 Å². The number of rotatable bonds is 4. The van der Waals surface area contributed by atoms with Crippen LogP contribution < -0.4 is 10.1 Å². The predicted octanol–water partition coefficient (Wildman–Crippen LogP) is 3.78. The number of benzene rings is 1. The Hall–Kier alpha value is -2.30. The van der Waals surface area contributed by atoms with Crippen LogP contribution in [0.3, 0.4) is 0 Å². The molecule has 0 bridgehead atoms. The smallest absolute Gasteiger partial charge is 0.255 e. The number of allylic oxidation sites excluding steroid dienone is 1. The zero-order valence-corrected chi connectivity index (χ0v) is 16.0. The molecular weight excluding hydrogens is 340 g/mol. The molecule has 2 aliphatic heterocycles. The number of carbonyl (C=O) groups excluding carboxylic acids is 2. The zero-order chi connectivity index (χ0) is 19.0. The van der Waals surface area contributed by atoms with Gasteiger partial charge in [0.25, 0.3) is 5.91 Å². The molecule has 2 heterocycles. The van der Waals surface area contributed by atoms with Gasteiger partial charge in [-0.05, 0) is 68.2 Å². The summed E-state index contributed by atoms with van der Waals surface area (Å²) < 4.78 is 6.31. The Kier molecular flexibility index (Phi) is 4.94. The second-order valence-electron chi connectivity index (χ2n) is 8.01. The van der Waals surface area contributed by atoms with E-state index in [0.29, 0.717) is 30.9 Å². The van der Waals surface area contributed by atoms with Crippen molar-refractivity contribution in [2.45, 2.75) is 70.6 Å². The molecule has 2 amide bonds. The van der Waals surface area contributed by atoms with E-state index in [-0.39, 0.29) is 17.9 Å². The molecule has 5 nitrogen and oxygen atoms in total. The van der Waals surface area contributed by atoms with E-state index >= 15 is 0 Å². The van der Waals surface area contributed by atoms with Gasteiger partial charge in [-0.3, -0.25) is 9.59 Å². The molecule has 144 valence electrons. The standard InChI is InChI=1S/C22H28N2O3/c1-3-15-6-4-5-7-20(15)27-17-9-10-18-16(12-17)13-24(22(18)26)19-11-8-14(2)23-21(19)25/h9-10,12,15,19-20H,2-8,11,13H2,1H3,(H,23,25)/t15-,19?,20+/m0/s1. The van der Waals surface area contributed by atoms with E-state index in [1.807, 2.05) is 18.2 Å². The van der Waals surface area contributed by atoms with Crippen molar-refractivity contribution in [3.05, 3.63) is 41.6 Å². The molecular formula is C22H28N2O3. The van der Waals surface area contributed by atoms with Crippen LogP contribution in [0.25, 0.3) is 0 Å². The quantitative estimate of drug-likeness (QED) is 0.880. The Balaban J connectivity index is 1.49. The number of nitrogens with one attached hydrogen (secondary N) is 1. The summed E-state index contributed by atoms with van der Waals surface area (Å²) in [6.45, 7) is 6.51. The molecule has 4 rings (SSSR count). The molecule has 1 aromatic carbocycles. The van der Waals surface area contributed by atoms with Gasteiger partial charge in [0, 0.05) is 17.8 Å². The SMILES string of the molecule is C=C1CCC(N2Cc3cc(O[C@@H]4CCCC[C@@H]4CC)ccc3C2=O)C(=O)N1. The fourth-order valence-electron chi connectivity index (χ4n) is 4.67. The number of hydrogen-bond donors (Lipinski definition) is 1. The van der Waals surface area contributed by atoms with Crippen molar-refractivity contribution < 1.29 is 14.3 Å². The molecule has 1 unspecified atom stereocenters. The Morgan fingerprint density at radius 1 is 1.22 bits per heavy atom. The largest absolute Gasteiger partial charge is 0.490 e. The molecule has 1 saturated heterocycles. The van der Waals surface area contributed by atoms with Crippen LogP contribution in [0.5, 0.6) is 5.75 Å². The summed E-state index contributed by atoms with van der Waals surface area (Å²) in [4.78, 5) is 26.8. The fourth-order valence-corrected chi connectivity index (χ4v) is 4.67. The van der Waals surface area contributed by atoms with Crippen molar-refractivity contribution in [3.63, 3.8) is 0 Å². The number of nitrogens with zero attached hydrogens (tertiary/aromatic N) is 1. The van der Waals surface area contributed by atoms with Crippen LogP contribution in [0, 0.1) is 5.92 Å². The number of amides is 2. The predicted molar refractivity (Wildman–Crippen MR) is 103 cm³/mol. The lowest BCUT2D eigenvalue weighted by atomic mass is 9.85.